The van der Waals surface area contributed by atoms with Crippen LogP contribution >= 0.6 is 0 Å². The van der Waals surface area contributed by atoms with E-state index in [1.807, 2.05) is 32.8 Å². The molecule has 0 aromatic heterocycles. The molecule has 3 saturated heterocycles. The second-order valence-corrected chi connectivity index (χ2v) is 17.6. The van der Waals surface area contributed by atoms with Crippen LogP contribution in [0.1, 0.15) is 109 Å². The van der Waals surface area contributed by atoms with Gasteiger partial charge in [0.2, 0.25) is 0 Å². The zero-order valence-corrected chi connectivity index (χ0v) is 37.0. The molecular weight excluding hydrogens is 744 g/mol. The quantitative estimate of drug-likeness (QED) is 0.185. The van der Waals surface area contributed by atoms with Gasteiger partial charge >= 0.3 is 11.9 Å². The van der Waals surface area contributed by atoms with Crippen LogP contribution in [0.4, 0.5) is 0 Å². The summed E-state index contributed by atoms with van der Waals surface area (Å²) in [5, 5.41) is 51.9. The maximum Gasteiger partial charge on any atom is 0.311 e. The molecule has 0 amide bonds. The SMILES string of the molecule is CCO/N=C1\[C@H](C)C[C@@](C)(O)[C@H](O[C@@H]2O[C@H](C)C[C@H](N(C)C)[C@H]2OC(C)=O)[C@@H](C)[C@H](OC2C[C@@](C)(OC)[C@@H](O)[C@H](C)O2)[C@@H](C)C(=O)O[C@H](CC)[C@@](C)(O)[C@H](O)[C@H]1C. The van der Waals surface area contributed by atoms with Gasteiger partial charge in [0.1, 0.15) is 24.4 Å². The maximum atomic E-state index is 14.3. The van der Waals surface area contributed by atoms with Gasteiger partial charge in [0.05, 0.1) is 59.4 Å². The molecule has 3 aliphatic heterocycles. The third-order valence-corrected chi connectivity index (χ3v) is 12.4. The van der Waals surface area contributed by atoms with Gasteiger partial charge in [-0.2, -0.15) is 0 Å². The van der Waals surface area contributed by atoms with E-state index in [2.05, 4.69) is 5.16 Å². The molecule has 3 fully saturated rings. The van der Waals surface area contributed by atoms with E-state index in [1.165, 1.54) is 21.0 Å². The molecule has 1 unspecified atom stereocenters. The number of rotatable bonds is 10. The van der Waals surface area contributed by atoms with Gasteiger partial charge in [0, 0.05) is 38.2 Å². The summed E-state index contributed by atoms with van der Waals surface area (Å²) in [5.41, 5.74) is -4.38. The van der Waals surface area contributed by atoms with Crippen LogP contribution in [0.25, 0.3) is 0 Å². The standard InChI is InChI=1S/C41H74N2O14/c1-16-29-41(12,49)34(45)23(5)31(42-51-17-2)21(3)19-39(10,48)36(57-38-33(54-27(9)44)28(43(13)14)18-22(4)52-38)24(6)32(25(7)37(47)55-29)56-30-20-40(11,50-15)35(46)26(8)53-30/h21-26,28-30,32-36,38,45-46,48-49H,16-20H2,1-15H3/b42-31+/t21-,22-,23+,24+,25-,26+,28+,29-,30?,32+,33-,34-,35+,36-,38+,39-,40-,41-/m1/s1. The highest BCUT2D eigenvalue weighted by Gasteiger charge is 2.54. The summed E-state index contributed by atoms with van der Waals surface area (Å²) in [7, 11) is 5.24. The average molecular weight is 819 g/mol. The number of aliphatic hydroxyl groups is 4. The third-order valence-electron chi connectivity index (χ3n) is 12.4. The Labute approximate surface area is 339 Å². The van der Waals surface area contributed by atoms with Gasteiger partial charge in [0.25, 0.3) is 0 Å². The van der Waals surface area contributed by atoms with E-state index in [4.69, 9.17) is 38.0 Å². The topological polar surface area (TPSA) is 204 Å². The van der Waals surface area contributed by atoms with Crippen LogP contribution in [0.2, 0.25) is 0 Å². The number of oxime groups is 1. The molecule has 0 bridgehead atoms. The van der Waals surface area contributed by atoms with Crippen molar-refractivity contribution in [2.24, 2.45) is 28.8 Å². The number of ether oxygens (including phenoxy) is 7. The van der Waals surface area contributed by atoms with Gasteiger partial charge in [-0.1, -0.05) is 32.9 Å². The molecule has 0 spiro atoms. The molecule has 16 heteroatoms. The van der Waals surface area contributed by atoms with Crippen molar-refractivity contribution in [3.05, 3.63) is 0 Å². The predicted molar refractivity (Wildman–Crippen MR) is 210 cm³/mol. The van der Waals surface area contributed by atoms with E-state index in [0.29, 0.717) is 12.1 Å². The maximum absolute atomic E-state index is 14.3. The lowest BCUT2D eigenvalue weighted by Crippen LogP contribution is -2.61. The molecule has 57 heavy (non-hydrogen) atoms. The molecule has 0 aliphatic carbocycles. The van der Waals surface area contributed by atoms with Crippen molar-refractivity contribution in [1.29, 1.82) is 0 Å². The van der Waals surface area contributed by atoms with Crippen molar-refractivity contribution in [2.45, 2.75) is 193 Å². The van der Waals surface area contributed by atoms with E-state index in [0.717, 1.165) is 0 Å². The fourth-order valence-electron chi connectivity index (χ4n) is 9.04. The summed E-state index contributed by atoms with van der Waals surface area (Å²) in [4.78, 5) is 34.3. The minimum atomic E-state index is -1.93. The molecule has 0 aromatic carbocycles. The first-order valence-electron chi connectivity index (χ1n) is 20.6. The Bertz CT molecular complexity index is 1350. The summed E-state index contributed by atoms with van der Waals surface area (Å²) in [6.45, 7) is 20.4. The number of methoxy groups -OCH3 is 1. The molecule has 4 N–H and O–H groups in total. The smallest absolute Gasteiger partial charge is 0.311 e. The van der Waals surface area contributed by atoms with E-state index >= 15 is 0 Å². The largest absolute Gasteiger partial charge is 0.459 e. The number of carbonyl (C=O) groups excluding carboxylic acids is 2. The van der Waals surface area contributed by atoms with Gasteiger partial charge in [-0.3, -0.25) is 9.59 Å². The normalized spacial score (nSPS) is 46.3. The Kier molecular flexibility index (Phi) is 17.4. The van der Waals surface area contributed by atoms with Gasteiger partial charge in [-0.25, -0.2) is 0 Å². The molecule has 0 radical (unpaired) electrons. The summed E-state index contributed by atoms with van der Waals surface area (Å²) in [5.74, 6) is -4.56. The molecular formula is C41H74N2O14. The Morgan fingerprint density at radius 1 is 0.930 bits per heavy atom. The van der Waals surface area contributed by atoms with Crippen LogP contribution in [0, 0.1) is 23.7 Å². The zero-order chi connectivity index (χ0) is 43.4. The summed E-state index contributed by atoms with van der Waals surface area (Å²) < 4.78 is 43.9. The van der Waals surface area contributed by atoms with Crippen molar-refractivity contribution >= 4 is 17.7 Å². The number of carbonyl (C=O) groups is 2. The minimum absolute atomic E-state index is 0.00160. The number of cyclic esters (lactones) is 1. The molecule has 3 aliphatic rings. The molecule has 332 valence electrons. The van der Waals surface area contributed by atoms with Crippen molar-refractivity contribution in [2.75, 3.05) is 27.8 Å². The van der Waals surface area contributed by atoms with Crippen LogP contribution in [0.3, 0.4) is 0 Å². The number of esters is 2. The van der Waals surface area contributed by atoms with Gasteiger partial charge in [-0.05, 0) is 81.8 Å². The minimum Gasteiger partial charge on any atom is -0.459 e. The fraction of sp³-hybridized carbons (Fsp3) is 0.927. The Morgan fingerprint density at radius 3 is 2.11 bits per heavy atom. The first-order valence-corrected chi connectivity index (χ1v) is 20.6. The van der Waals surface area contributed by atoms with E-state index < -0.39 is 108 Å². The number of likely N-dealkylation sites (N-methyl/N-ethyl adjacent to an activating group) is 1. The van der Waals surface area contributed by atoms with E-state index in [-0.39, 0.29) is 38.0 Å². The van der Waals surface area contributed by atoms with Crippen LogP contribution < -0.4 is 0 Å². The van der Waals surface area contributed by atoms with E-state index in [1.54, 1.807) is 55.4 Å². The summed E-state index contributed by atoms with van der Waals surface area (Å²) >= 11 is 0. The molecule has 0 saturated carbocycles. The number of hydrogen-bond acceptors (Lipinski definition) is 16. The van der Waals surface area contributed by atoms with Crippen LogP contribution in [-0.2, 0) is 47.6 Å². The molecule has 18 atom stereocenters. The van der Waals surface area contributed by atoms with Gasteiger partial charge in [-0.15, -0.1) is 0 Å². The zero-order valence-electron chi connectivity index (χ0n) is 37.0. The Morgan fingerprint density at radius 2 is 1.56 bits per heavy atom. The predicted octanol–water partition coefficient (Wildman–Crippen LogP) is 3.18. The number of nitrogens with zero attached hydrogens (tertiary/aromatic N) is 2. The molecule has 3 heterocycles. The molecule has 16 nitrogen and oxygen atoms in total. The van der Waals surface area contributed by atoms with Crippen LogP contribution in [0.15, 0.2) is 5.16 Å². The lowest BCUT2D eigenvalue weighted by Gasteiger charge is -2.49. The highest BCUT2D eigenvalue weighted by Crippen LogP contribution is 2.41. The lowest BCUT2D eigenvalue weighted by molar-refractivity contribution is -0.318. The lowest BCUT2D eigenvalue weighted by atomic mass is 9.73. The second-order valence-electron chi connectivity index (χ2n) is 17.6. The van der Waals surface area contributed by atoms with Crippen molar-refractivity contribution < 1.29 is 68.0 Å². The van der Waals surface area contributed by atoms with Gasteiger partial charge in [0.15, 0.2) is 18.7 Å². The Hall–Kier alpha value is -1.99. The van der Waals surface area contributed by atoms with E-state index in [9.17, 15) is 30.0 Å². The van der Waals surface area contributed by atoms with Gasteiger partial charge < -0.3 is 63.3 Å². The first-order chi connectivity index (χ1) is 26.4. The average Bonchev–Trinajstić information content (AvgIpc) is 3.12. The van der Waals surface area contributed by atoms with Crippen molar-refractivity contribution in [3.8, 4) is 0 Å². The van der Waals surface area contributed by atoms with Crippen molar-refractivity contribution in [1.82, 2.24) is 4.90 Å². The monoisotopic (exact) mass is 819 g/mol. The molecule has 3 rings (SSSR count). The highest BCUT2D eigenvalue weighted by molar-refractivity contribution is 5.88. The third kappa shape index (κ3) is 11.4. The second kappa shape index (κ2) is 20.0. The number of aliphatic hydroxyl groups excluding tert-OH is 2. The first kappa shape index (κ1) is 49.4. The summed E-state index contributed by atoms with van der Waals surface area (Å²) in [6, 6.07) is -0.303. The van der Waals surface area contributed by atoms with Crippen molar-refractivity contribution in [3.63, 3.8) is 0 Å². The Balaban J connectivity index is 2.29. The fourth-order valence-corrected chi connectivity index (χ4v) is 9.04. The molecule has 0 aromatic rings. The van der Waals surface area contributed by atoms with Crippen LogP contribution in [-0.4, -0.2) is 155 Å². The number of hydrogen-bond donors (Lipinski definition) is 4. The highest BCUT2D eigenvalue weighted by atomic mass is 16.7. The summed E-state index contributed by atoms with van der Waals surface area (Å²) in [6.07, 6.45) is -9.17. The van der Waals surface area contributed by atoms with Crippen LogP contribution in [0.5, 0.6) is 0 Å².